The average molecular weight is 317 g/mol. The van der Waals surface area contributed by atoms with Gasteiger partial charge in [0, 0.05) is 11.7 Å². The third-order valence-electron chi connectivity index (χ3n) is 3.66. The van der Waals surface area contributed by atoms with Crippen LogP contribution in [0.4, 0.5) is 5.69 Å². The van der Waals surface area contributed by atoms with Crippen LogP contribution in [0.3, 0.4) is 0 Å². The fourth-order valence-electron chi connectivity index (χ4n) is 2.37. The van der Waals surface area contributed by atoms with Gasteiger partial charge in [-0.05, 0) is 48.9 Å². The Kier molecular flexibility index (Phi) is 5.57. The minimum atomic E-state index is 0.0668. The van der Waals surface area contributed by atoms with E-state index in [1.54, 1.807) is 28.4 Å². The van der Waals surface area contributed by atoms with E-state index in [2.05, 4.69) is 12.2 Å². The average Bonchev–Trinajstić information content (AvgIpc) is 2.60. The largest absolute Gasteiger partial charge is 0.497 e. The third kappa shape index (κ3) is 3.80. The molecule has 0 radical (unpaired) electrons. The van der Waals surface area contributed by atoms with Crippen LogP contribution >= 0.6 is 0 Å². The fraction of sp³-hybridized carbons (Fsp3) is 0.333. The second-order valence-corrected chi connectivity index (χ2v) is 5.05. The highest BCUT2D eigenvalue weighted by atomic mass is 16.5. The van der Waals surface area contributed by atoms with E-state index in [0.29, 0.717) is 17.2 Å². The molecule has 0 saturated heterocycles. The highest BCUT2D eigenvalue weighted by Gasteiger charge is 2.16. The Morgan fingerprint density at radius 1 is 0.783 bits per heavy atom. The summed E-state index contributed by atoms with van der Waals surface area (Å²) in [5, 5.41) is 3.44. The predicted octanol–water partition coefficient (Wildman–Crippen LogP) is 3.89. The molecule has 0 saturated carbocycles. The number of ether oxygens (including phenoxy) is 4. The quantitative estimate of drug-likeness (QED) is 0.839. The van der Waals surface area contributed by atoms with Crippen LogP contribution in [-0.4, -0.2) is 28.4 Å². The van der Waals surface area contributed by atoms with E-state index in [4.69, 9.17) is 18.9 Å². The molecule has 23 heavy (non-hydrogen) atoms. The Hall–Kier alpha value is -2.56. The molecule has 1 N–H and O–H groups in total. The molecule has 0 aliphatic carbocycles. The first-order valence-corrected chi connectivity index (χ1v) is 7.33. The van der Waals surface area contributed by atoms with Gasteiger partial charge >= 0.3 is 0 Å². The van der Waals surface area contributed by atoms with Gasteiger partial charge in [-0.3, -0.25) is 0 Å². The highest BCUT2D eigenvalue weighted by Crippen LogP contribution is 2.40. The molecule has 0 aromatic heterocycles. The summed E-state index contributed by atoms with van der Waals surface area (Å²) >= 11 is 0. The molecule has 5 nitrogen and oxygen atoms in total. The van der Waals surface area contributed by atoms with E-state index >= 15 is 0 Å². The lowest BCUT2D eigenvalue weighted by atomic mass is 10.1. The van der Waals surface area contributed by atoms with Crippen molar-refractivity contribution in [2.24, 2.45) is 0 Å². The number of anilines is 1. The van der Waals surface area contributed by atoms with Gasteiger partial charge in [0.15, 0.2) is 11.5 Å². The predicted molar refractivity (Wildman–Crippen MR) is 91.1 cm³/mol. The minimum Gasteiger partial charge on any atom is -0.497 e. The van der Waals surface area contributed by atoms with Crippen LogP contribution in [0.1, 0.15) is 18.5 Å². The summed E-state index contributed by atoms with van der Waals surface area (Å²) in [5.41, 5.74) is 2.04. The molecule has 124 valence electrons. The van der Waals surface area contributed by atoms with Gasteiger partial charge in [0.25, 0.3) is 0 Å². The van der Waals surface area contributed by atoms with E-state index in [1.165, 1.54) is 0 Å². The van der Waals surface area contributed by atoms with E-state index < -0.39 is 0 Å². The summed E-state index contributed by atoms with van der Waals surface area (Å²) in [5.74, 6) is 2.71. The Labute approximate surface area is 137 Å². The Balaban J connectivity index is 2.25. The van der Waals surface area contributed by atoms with Gasteiger partial charge in [0.05, 0.1) is 28.4 Å². The second-order valence-electron chi connectivity index (χ2n) is 5.05. The molecular formula is C18H23NO4. The van der Waals surface area contributed by atoms with E-state index in [-0.39, 0.29) is 6.04 Å². The maximum Gasteiger partial charge on any atom is 0.203 e. The van der Waals surface area contributed by atoms with Gasteiger partial charge in [-0.2, -0.15) is 0 Å². The minimum absolute atomic E-state index is 0.0668. The summed E-state index contributed by atoms with van der Waals surface area (Å²) in [7, 11) is 6.48. The van der Waals surface area contributed by atoms with Gasteiger partial charge < -0.3 is 24.3 Å². The highest BCUT2D eigenvalue weighted by molar-refractivity contribution is 5.56. The number of hydrogen-bond donors (Lipinski definition) is 1. The van der Waals surface area contributed by atoms with Crippen LogP contribution in [0, 0.1) is 0 Å². The van der Waals surface area contributed by atoms with Crippen LogP contribution in [0.15, 0.2) is 36.4 Å². The Bertz CT molecular complexity index is 615. The smallest absolute Gasteiger partial charge is 0.203 e. The van der Waals surface area contributed by atoms with Crippen LogP contribution < -0.4 is 24.3 Å². The first kappa shape index (κ1) is 16.8. The molecule has 0 aliphatic heterocycles. The van der Waals surface area contributed by atoms with Crippen molar-refractivity contribution in [2.75, 3.05) is 33.8 Å². The lowest BCUT2D eigenvalue weighted by molar-refractivity contribution is 0.323. The number of rotatable bonds is 7. The normalized spacial score (nSPS) is 11.5. The lowest BCUT2D eigenvalue weighted by Crippen LogP contribution is -2.07. The molecule has 0 heterocycles. The monoisotopic (exact) mass is 317 g/mol. The number of methoxy groups -OCH3 is 4. The fourth-order valence-corrected chi connectivity index (χ4v) is 2.37. The van der Waals surface area contributed by atoms with Gasteiger partial charge in [-0.15, -0.1) is 0 Å². The lowest BCUT2D eigenvalue weighted by Gasteiger charge is -2.19. The topological polar surface area (TPSA) is 49.0 Å². The molecule has 1 atom stereocenters. The summed E-state index contributed by atoms with van der Waals surface area (Å²) in [4.78, 5) is 0. The van der Waals surface area contributed by atoms with Crippen molar-refractivity contribution >= 4 is 5.69 Å². The zero-order valence-electron chi connectivity index (χ0n) is 14.2. The summed E-state index contributed by atoms with van der Waals surface area (Å²) in [6, 6.07) is 11.8. The molecule has 2 aromatic carbocycles. The van der Waals surface area contributed by atoms with Crippen molar-refractivity contribution in [1.82, 2.24) is 0 Å². The first-order valence-electron chi connectivity index (χ1n) is 7.33. The summed E-state index contributed by atoms with van der Waals surface area (Å²) < 4.78 is 21.3. The zero-order chi connectivity index (χ0) is 16.8. The second kappa shape index (κ2) is 7.63. The maximum atomic E-state index is 5.40. The molecule has 0 spiro atoms. The standard InChI is InChI=1S/C18H23NO4/c1-12(19-14-6-8-15(20-2)9-7-14)13-10-16(21-3)18(23-5)17(11-13)22-4/h6-12,19H,1-5H3/t12-/m1/s1. The molecule has 0 fully saturated rings. The molecular weight excluding hydrogens is 294 g/mol. The Morgan fingerprint density at radius 3 is 1.78 bits per heavy atom. The van der Waals surface area contributed by atoms with Gasteiger partial charge in [-0.1, -0.05) is 0 Å². The SMILES string of the molecule is COc1ccc(N[C@H](C)c2cc(OC)c(OC)c(OC)c2)cc1. The van der Waals surface area contributed by atoms with E-state index in [0.717, 1.165) is 17.0 Å². The zero-order valence-corrected chi connectivity index (χ0v) is 14.2. The van der Waals surface area contributed by atoms with Crippen LogP contribution in [-0.2, 0) is 0 Å². The maximum absolute atomic E-state index is 5.40. The number of benzene rings is 2. The van der Waals surface area contributed by atoms with Gasteiger partial charge in [-0.25, -0.2) is 0 Å². The molecule has 0 bridgehead atoms. The molecule has 5 heteroatoms. The number of nitrogens with one attached hydrogen (secondary N) is 1. The van der Waals surface area contributed by atoms with E-state index in [1.807, 2.05) is 36.4 Å². The van der Waals surface area contributed by atoms with Crippen molar-refractivity contribution in [3.63, 3.8) is 0 Å². The molecule has 0 unspecified atom stereocenters. The molecule has 0 aliphatic rings. The van der Waals surface area contributed by atoms with Crippen molar-refractivity contribution in [3.05, 3.63) is 42.0 Å². The van der Waals surface area contributed by atoms with E-state index in [9.17, 15) is 0 Å². The van der Waals surface area contributed by atoms with Crippen molar-refractivity contribution in [2.45, 2.75) is 13.0 Å². The van der Waals surface area contributed by atoms with Crippen molar-refractivity contribution in [1.29, 1.82) is 0 Å². The molecule has 2 aromatic rings. The molecule has 2 rings (SSSR count). The van der Waals surface area contributed by atoms with Crippen LogP contribution in [0.5, 0.6) is 23.0 Å². The number of hydrogen-bond acceptors (Lipinski definition) is 5. The Morgan fingerprint density at radius 2 is 1.35 bits per heavy atom. The van der Waals surface area contributed by atoms with Gasteiger partial charge in [0.2, 0.25) is 5.75 Å². The van der Waals surface area contributed by atoms with Crippen molar-refractivity contribution in [3.8, 4) is 23.0 Å². The third-order valence-corrected chi connectivity index (χ3v) is 3.66. The van der Waals surface area contributed by atoms with Crippen LogP contribution in [0.2, 0.25) is 0 Å². The summed E-state index contributed by atoms with van der Waals surface area (Å²) in [6.45, 7) is 2.07. The van der Waals surface area contributed by atoms with Gasteiger partial charge in [0.1, 0.15) is 5.75 Å². The first-order chi connectivity index (χ1) is 11.1. The van der Waals surface area contributed by atoms with Crippen LogP contribution in [0.25, 0.3) is 0 Å². The van der Waals surface area contributed by atoms with Crippen molar-refractivity contribution < 1.29 is 18.9 Å². The molecule has 0 amide bonds. The summed E-state index contributed by atoms with van der Waals surface area (Å²) in [6.07, 6.45) is 0.